The van der Waals surface area contributed by atoms with E-state index in [0.29, 0.717) is 44.3 Å². The Hall–Kier alpha value is -3.02. The average molecular weight is 478 g/mol. The number of nitrogens with two attached hydrogens (primary N) is 2. The van der Waals surface area contributed by atoms with E-state index in [1.165, 1.54) is 4.90 Å². The average Bonchev–Trinajstić information content (AvgIpc) is 3.32. The number of carbonyl (C=O) groups excluding carboxylic acids is 3. The maximum absolute atomic E-state index is 12.9. The third-order valence-electron chi connectivity index (χ3n) is 5.84. The number of unbranched alkanes of at least 4 members (excludes halogenated alkanes) is 1. The molecule has 2 rings (SSSR count). The highest BCUT2D eigenvalue weighted by Gasteiger charge is 2.37. The minimum absolute atomic E-state index is 0.0426. The number of hydrogen-bond donors (Lipinski definition) is 6. The maximum atomic E-state index is 12.9. The van der Waals surface area contributed by atoms with Crippen molar-refractivity contribution < 1.29 is 29.4 Å². The highest BCUT2D eigenvalue weighted by atomic mass is 16.4. The SMILES string of the molecule is NCCCCC(N)C(=O)N1CCCC1C(=O)NC(CO)C(=O)NC(Cc1ccccc1)C(=O)O. The third-order valence-corrected chi connectivity index (χ3v) is 5.84. The van der Waals surface area contributed by atoms with Gasteiger partial charge in [-0.15, -0.1) is 0 Å². The Morgan fingerprint density at radius 2 is 1.79 bits per heavy atom. The molecular weight excluding hydrogens is 442 g/mol. The van der Waals surface area contributed by atoms with Crippen LogP contribution in [-0.4, -0.2) is 82.7 Å². The molecule has 1 aliphatic heterocycles. The molecule has 1 aromatic rings. The van der Waals surface area contributed by atoms with Crippen LogP contribution in [-0.2, 0) is 25.6 Å². The quantitative estimate of drug-likeness (QED) is 0.189. The number of carboxylic acid groups (broad SMARTS) is 1. The molecule has 8 N–H and O–H groups in total. The molecule has 3 amide bonds. The summed E-state index contributed by atoms with van der Waals surface area (Å²) in [6, 6.07) is 4.62. The summed E-state index contributed by atoms with van der Waals surface area (Å²) in [6.07, 6.45) is 2.96. The molecule has 1 saturated heterocycles. The molecule has 4 atom stereocenters. The minimum Gasteiger partial charge on any atom is -0.480 e. The van der Waals surface area contributed by atoms with E-state index >= 15 is 0 Å². The molecule has 1 fully saturated rings. The lowest BCUT2D eigenvalue weighted by Gasteiger charge is -2.28. The number of likely N-dealkylation sites (tertiary alicyclic amines) is 1. The van der Waals surface area contributed by atoms with Crippen molar-refractivity contribution in [2.75, 3.05) is 19.7 Å². The highest BCUT2D eigenvalue weighted by molar-refractivity contribution is 5.94. The lowest BCUT2D eigenvalue weighted by atomic mass is 10.1. The second kappa shape index (κ2) is 13.6. The van der Waals surface area contributed by atoms with Gasteiger partial charge in [0.25, 0.3) is 0 Å². The van der Waals surface area contributed by atoms with E-state index in [2.05, 4.69) is 10.6 Å². The fraction of sp³-hybridized carbons (Fsp3) is 0.565. The van der Waals surface area contributed by atoms with Gasteiger partial charge in [-0.3, -0.25) is 14.4 Å². The summed E-state index contributed by atoms with van der Waals surface area (Å²) in [5.41, 5.74) is 12.2. The summed E-state index contributed by atoms with van der Waals surface area (Å²) in [6.45, 7) is 0.151. The van der Waals surface area contributed by atoms with Gasteiger partial charge in [-0.25, -0.2) is 4.79 Å². The number of nitrogens with zero attached hydrogens (tertiary/aromatic N) is 1. The van der Waals surface area contributed by atoms with Crippen LogP contribution in [0.2, 0.25) is 0 Å². The Balaban J connectivity index is 1.98. The van der Waals surface area contributed by atoms with Crippen molar-refractivity contribution in [3.8, 4) is 0 Å². The van der Waals surface area contributed by atoms with Gasteiger partial charge in [-0.2, -0.15) is 0 Å². The zero-order valence-electron chi connectivity index (χ0n) is 19.2. The van der Waals surface area contributed by atoms with Crippen LogP contribution in [0.1, 0.15) is 37.7 Å². The second-order valence-electron chi connectivity index (χ2n) is 8.41. The number of hydrogen-bond acceptors (Lipinski definition) is 7. The van der Waals surface area contributed by atoms with Crippen LogP contribution in [0.3, 0.4) is 0 Å². The first kappa shape index (κ1) is 27.2. The van der Waals surface area contributed by atoms with Gasteiger partial charge in [0.05, 0.1) is 12.6 Å². The number of amides is 3. The predicted octanol–water partition coefficient (Wildman–Crippen LogP) is -1.28. The third kappa shape index (κ3) is 7.79. The number of carbonyl (C=O) groups is 4. The molecule has 0 aromatic heterocycles. The van der Waals surface area contributed by atoms with Gasteiger partial charge in [0.2, 0.25) is 17.7 Å². The molecule has 4 unspecified atom stereocenters. The number of carboxylic acids is 1. The molecule has 1 aliphatic rings. The van der Waals surface area contributed by atoms with E-state index in [-0.39, 0.29) is 12.3 Å². The highest BCUT2D eigenvalue weighted by Crippen LogP contribution is 2.19. The smallest absolute Gasteiger partial charge is 0.326 e. The topological polar surface area (TPSA) is 188 Å². The normalized spacial score (nSPS) is 18.1. The number of nitrogens with one attached hydrogen (secondary N) is 2. The van der Waals surface area contributed by atoms with Crippen LogP contribution in [0.4, 0.5) is 0 Å². The zero-order chi connectivity index (χ0) is 25.1. The van der Waals surface area contributed by atoms with Crippen molar-refractivity contribution in [1.29, 1.82) is 0 Å². The standard InChI is InChI=1S/C23H35N5O6/c24-11-5-4-9-16(25)22(32)28-12-6-10-19(28)21(31)27-18(14-29)20(30)26-17(23(33)34)13-15-7-2-1-3-8-15/h1-3,7-8,16-19,29H,4-6,9-14,24-25H2,(H,26,30)(H,27,31)(H,33,34). The van der Waals surface area contributed by atoms with Gasteiger partial charge in [0.1, 0.15) is 18.1 Å². The molecule has 11 nitrogen and oxygen atoms in total. The molecule has 0 spiro atoms. The summed E-state index contributed by atoms with van der Waals surface area (Å²) >= 11 is 0. The van der Waals surface area contributed by atoms with Gasteiger partial charge in [-0.1, -0.05) is 36.8 Å². The number of benzene rings is 1. The van der Waals surface area contributed by atoms with Gasteiger partial charge in [0, 0.05) is 13.0 Å². The van der Waals surface area contributed by atoms with Gasteiger partial charge < -0.3 is 37.2 Å². The summed E-state index contributed by atoms with van der Waals surface area (Å²) in [5, 5.41) is 24.0. The Morgan fingerprint density at radius 1 is 1.09 bits per heavy atom. The summed E-state index contributed by atoms with van der Waals surface area (Å²) in [5.74, 6) is -3.00. The molecule has 188 valence electrons. The molecule has 0 saturated carbocycles. The van der Waals surface area contributed by atoms with Crippen LogP contribution in [0.5, 0.6) is 0 Å². The molecule has 34 heavy (non-hydrogen) atoms. The van der Waals surface area contributed by atoms with Crippen LogP contribution in [0.15, 0.2) is 30.3 Å². The monoisotopic (exact) mass is 477 g/mol. The fourth-order valence-electron chi connectivity index (χ4n) is 3.93. The van der Waals surface area contributed by atoms with E-state index in [0.717, 1.165) is 6.42 Å². The van der Waals surface area contributed by atoms with E-state index < -0.39 is 48.6 Å². The number of rotatable bonds is 13. The Labute approximate surface area is 198 Å². The number of aliphatic hydroxyl groups is 1. The second-order valence-corrected chi connectivity index (χ2v) is 8.41. The van der Waals surface area contributed by atoms with E-state index in [9.17, 15) is 29.4 Å². The first-order chi connectivity index (χ1) is 16.3. The van der Waals surface area contributed by atoms with Gasteiger partial charge in [-0.05, 0) is 37.8 Å². The molecule has 0 radical (unpaired) electrons. The fourth-order valence-corrected chi connectivity index (χ4v) is 3.93. The van der Waals surface area contributed by atoms with Crippen LogP contribution >= 0.6 is 0 Å². The first-order valence-corrected chi connectivity index (χ1v) is 11.5. The largest absolute Gasteiger partial charge is 0.480 e. The summed E-state index contributed by atoms with van der Waals surface area (Å²) in [4.78, 5) is 51.3. The summed E-state index contributed by atoms with van der Waals surface area (Å²) in [7, 11) is 0. The number of aliphatic hydroxyl groups excluding tert-OH is 1. The van der Waals surface area contributed by atoms with E-state index in [1.807, 2.05) is 0 Å². The van der Waals surface area contributed by atoms with Gasteiger partial charge in [0.15, 0.2) is 0 Å². The summed E-state index contributed by atoms with van der Waals surface area (Å²) < 4.78 is 0. The molecule has 0 bridgehead atoms. The molecular formula is C23H35N5O6. The van der Waals surface area contributed by atoms with Crippen molar-refractivity contribution in [3.05, 3.63) is 35.9 Å². The molecule has 0 aliphatic carbocycles. The van der Waals surface area contributed by atoms with Crippen molar-refractivity contribution in [2.24, 2.45) is 11.5 Å². The first-order valence-electron chi connectivity index (χ1n) is 11.5. The molecule has 1 heterocycles. The maximum Gasteiger partial charge on any atom is 0.326 e. The van der Waals surface area contributed by atoms with Crippen molar-refractivity contribution in [2.45, 2.75) is 62.7 Å². The number of aliphatic carboxylic acids is 1. The van der Waals surface area contributed by atoms with Crippen LogP contribution in [0.25, 0.3) is 0 Å². The van der Waals surface area contributed by atoms with Crippen molar-refractivity contribution in [1.82, 2.24) is 15.5 Å². The van der Waals surface area contributed by atoms with Crippen LogP contribution < -0.4 is 22.1 Å². The Bertz CT molecular complexity index is 836. The minimum atomic E-state index is -1.36. The van der Waals surface area contributed by atoms with E-state index in [4.69, 9.17) is 11.5 Å². The Kier molecular flexibility index (Phi) is 10.9. The Morgan fingerprint density at radius 3 is 2.41 bits per heavy atom. The van der Waals surface area contributed by atoms with E-state index in [1.54, 1.807) is 30.3 Å². The van der Waals surface area contributed by atoms with Crippen molar-refractivity contribution >= 4 is 23.7 Å². The predicted molar refractivity (Wildman–Crippen MR) is 124 cm³/mol. The lowest BCUT2D eigenvalue weighted by Crippen LogP contribution is -2.57. The zero-order valence-corrected chi connectivity index (χ0v) is 19.2. The van der Waals surface area contributed by atoms with Crippen molar-refractivity contribution in [3.63, 3.8) is 0 Å². The van der Waals surface area contributed by atoms with Crippen LogP contribution in [0, 0.1) is 0 Å². The lowest BCUT2D eigenvalue weighted by molar-refractivity contribution is -0.143. The van der Waals surface area contributed by atoms with Gasteiger partial charge >= 0.3 is 5.97 Å². The molecule has 1 aromatic carbocycles. The molecule has 11 heteroatoms.